The van der Waals surface area contributed by atoms with E-state index >= 15 is 0 Å². The van der Waals surface area contributed by atoms with E-state index in [4.69, 9.17) is 28.3 Å². The zero-order chi connectivity index (χ0) is 14.0. The molecule has 2 aromatic carbocycles. The van der Waals surface area contributed by atoms with E-state index in [1.54, 1.807) is 12.1 Å². The zero-order valence-corrected chi connectivity index (χ0v) is 11.0. The topological polar surface area (TPSA) is 49.7 Å². The highest BCUT2D eigenvalue weighted by atomic mass is 35.5. The molecule has 0 amide bonds. The molecule has 0 fully saturated rings. The largest absolute Gasteiger partial charge is 0.505 e. The molecule has 1 N–H and O–H groups in total. The monoisotopic (exact) mass is 299 g/mol. The van der Waals surface area contributed by atoms with Crippen LogP contribution in [0.25, 0.3) is 11.1 Å². The maximum Gasteiger partial charge on any atom is 0.165 e. The summed E-state index contributed by atoms with van der Waals surface area (Å²) in [5.74, 6) is -1.16. The lowest BCUT2D eigenvalue weighted by atomic mass is 10.0. The number of phenols is 1. The molecule has 19 heavy (non-hydrogen) atoms. The summed E-state index contributed by atoms with van der Waals surface area (Å²) in [5, 5.41) is 12.5. The van der Waals surface area contributed by atoms with Crippen LogP contribution in [0, 0.1) is 10.7 Å². The first-order valence-electron chi connectivity index (χ1n) is 5.29. The SMILES string of the molecule is O=NCc1c(Cl)cc(-c2ccc(O)c(F)c2)cc1Cl. The molecule has 98 valence electrons. The third kappa shape index (κ3) is 2.85. The summed E-state index contributed by atoms with van der Waals surface area (Å²) >= 11 is 12.0. The van der Waals surface area contributed by atoms with E-state index in [-0.39, 0.29) is 16.6 Å². The summed E-state index contributed by atoms with van der Waals surface area (Å²) in [6, 6.07) is 7.10. The van der Waals surface area contributed by atoms with E-state index in [9.17, 15) is 9.30 Å². The molecular formula is C13H8Cl2FNO2. The van der Waals surface area contributed by atoms with Crippen LogP contribution < -0.4 is 0 Å². The Kier molecular flexibility index (Phi) is 4.02. The molecule has 2 rings (SSSR count). The van der Waals surface area contributed by atoms with Crippen molar-refractivity contribution in [3.63, 3.8) is 0 Å². The van der Waals surface area contributed by atoms with Crippen molar-refractivity contribution < 1.29 is 9.50 Å². The Hall–Kier alpha value is -1.65. The van der Waals surface area contributed by atoms with Gasteiger partial charge in [0.25, 0.3) is 0 Å². The number of halogens is 3. The minimum absolute atomic E-state index is 0.123. The van der Waals surface area contributed by atoms with Gasteiger partial charge in [0.2, 0.25) is 0 Å². The van der Waals surface area contributed by atoms with Crippen molar-refractivity contribution in [2.45, 2.75) is 6.54 Å². The normalized spacial score (nSPS) is 10.5. The molecule has 0 aliphatic heterocycles. The Labute approximate surface area is 118 Å². The second-order valence-electron chi connectivity index (χ2n) is 3.87. The summed E-state index contributed by atoms with van der Waals surface area (Å²) in [6.07, 6.45) is 0. The number of nitroso groups, excluding NO2 is 1. The molecule has 0 atom stereocenters. The van der Waals surface area contributed by atoms with Crippen molar-refractivity contribution in [1.29, 1.82) is 0 Å². The van der Waals surface area contributed by atoms with Crippen molar-refractivity contribution in [3.8, 4) is 16.9 Å². The van der Waals surface area contributed by atoms with E-state index in [2.05, 4.69) is 5.18 Å². The quantitative estimate of drug-likeness (QED) is 0.830. The number of phenolic OH excluding ortho intramolecular Hbond substituents is 1. The lowest BCUT2D eigenvalue weighted by Crippen LogP contribution is -1.88. The first-order valence-corrected chi connectivity index (χ1v) is 6.04. The Morgan fingerprint density at radius 2 is 1.74 bits per heavy atom. The van der Waals surface area contributed by atoms with Crippen LogP contribution in [0.1, 0.15) is 5.56 Å². The van der Waals surface area contributed by atoms with Gasteiger partial charge in [-0.05, 0) is 35.4 Å². The maximum absolute atomic E-state index is 13.3. The molecule has 0 aromatic heterocycles. The summed E-state index contributed by atoms with van der Waals surface area (Å²) < 4.78 is 13.3. The van der Waals surface area contributed by atoms with Crippen molar-refractivity contribution in [2.75, 3.05) is 0 Å². The van der Waals surface area contributed by atoms with Crippen molar-refractivity contribution >= 4 is 23.2 Å². The molecule has 0 heterocycles. The van der Waals surface area contributed by atoms with Gasteiger partial charge in [-0.15, -0.1) is 0 Å². The van der Waals surface area contributed by atoms with Crippen LogP contribution in [-0.4, -0.2) is 5.11 Å². The molecule has 0 spiro atoms. The highest BCUT2D eigenvalue weighted by Crippen LogP contribution is 2.33. The minimum Gasteiger partial charge on any atom is -0.505 e. The number of nitrogens with zero attached hydrogens (tertiary/aromatic N) is 1. The van der Waals surface area contributed by atoms with Crippen LogP contribution in [-0.2, 0) is 6.54 Å². The number of aromatic hydroxyl groups is 1. The predicted octanol–water partition coefficient (Wildman–Crippen LogP) is 4.77. The van der Waals surface area contributed by atoms with Crippen molar-refractivity contribution in [3.05, 3.63) is 56.7 Å². The highest BCUT2D eigenvalue weighted by Gasteiger charge is 2.11. The van der Waals surface area contributed by atoms with Gasteiger partial charge in [-0.25, -0.2) is 4.39 Å². The van der Waals surface area contributed by atoms with Gasteiger partial charge in [0, 0.05) is 15.6 Å². The van der Waals surface area contributed by atoms with Gasteiger partial charge in [0.15, 0.2) is 11.6 Å². The smallest absolute Gasteiger partial charge is 0.165 e. The molecule has 0 aliphatic carbocycles. The fraction of sp³-hybridized carbons (Fsp3) is 0.0769. The first kappa shape index (κ1) is 13.8. The number of hydrogen-bond acceptors (Lipinski definition) is 3. The van der Waals surface area contributed by atoms with Gasteiger partial charge < -0.3 is 5.11 Å². The third-order valence-corrected chi connectivity index (χ3v) is 3.32. The maximum atomic E-state index is 13.3. The molecule has 0 saturated carbocycles. The average molecular weight is 300 g/mol. The van der Waals surface area contributed by atoms with Gasteiger partial charge in [0.1, 0.15) is 6.54 Å². The van der Waals surface area contributed by atoms with Gasteiger partial charge in [-0.3, -0.25) is 0 Å². The van der Waals surface area contributed by atoms with Gasteiger partial charge in [-0.2, -0.15) is 4.91 Å². The molecule has 0 bridgehead atoms. The van der Waals surface area contributed by atoms with Crippen LogP contribution in [0.15, 0.2) is 35.5 Å². The molecule has 0 unspecified atom stereocenters. The zero-order valence-electron chi connectivity index (χ0n) is 9.53. The second kappa shape index (κ2) is 5.55. The number of benzene rings is 2. The number of hydrogen-bond donors (Lipinski definition) is 1. The minimum atomic E-state index is -0.733. The third-order valence-electron chi connectivity index (χ3n) is 2.64. The average Bonchev–Trinajstić information content (AvgIpc) is 2.37. The van der Waals surface area contributed by atoms with Gasteiger partial charge in [-0.1, -0.05) is 34.4 Å². The van der Waals surface area contributed by atoms with E-state index < -0.39 is 11.6 Å². The van der Waals surface area contributed by atoms with Crippen LogP contribution in [0.2, 0.25) is 10.0 Å². The van der Waals surface area contributed by atoms with E-state index in [0.717, 1.165) is 0 Å². The lowest BCUT2D eigenvalue weighted by molar-refractivity contribution is 0.432. The molecular weight excluding hydrogens is 292 g/mol. The molecule has 0 radical (unpaired) electrons. The van der Waals surface area contributed by atoms with E-state index in [1.165, 1.54) is 18.2 Å². The Morgan fingerprint density at radius 3 is 2.26 bits per heavy atom. The van der Waals surface area contributed by atoms with Crippen molar-refractivity contribution in [1.82, 2.24) is 0 Å². The van der Waals surface area contributed by atoms with Crippen LogP contribution >= 0.6 is 23.2 Å². The predicted molar refractivity (Wildman–Crippen MR) is 73.0 cm³/mol. The summed E-state index contributed by atoms with van der Waals surface area (Å²) in [5.41, 5.74) is 1.54. The molecule has 6 heteroatoms. The Morgan fingerprint density at radius 1 is 1.11 bits per heavy atom. The first-order chi connectivity index (χ1) is 9.02. The Balaban J connectivity index is 2.51. The molecule has 2 aromatic rings. The van der Waals surface area contributed by atoms with Gasteiger partial charge in [0.05, 0.1) is 0 Å². The van der Waals surface area contributed by atoms with E-state index in [1.807, 2.05) is 0 Å². The van der Waals surface area contributed by atoms with Crippen LogP contribution in [0.3, 0.4) is 0 Å². The molecule has 0 saturated heterocycles. The van der Waals surface area contributed by atoms with Crippen LogP contribution in [0.4, 0.5) is 4.39 Å². The van der Waals surface area contributed by atoms with E-state index in [0.29, 0.717) is 16.7 Å². The lowest BCUT2D eigenvalue weighted by Gasteiger charge is -2.08. The van der Waals surface area contributed by atoms with Gasteiger partial charge >= 0.3 is 0 Å². The molecule has 0 aliphatic rings. The van der Waals surface area contributed by atoms with Crippen LogP contribution in [0.5, 0.6) is 5.75 Å². The second-order valence-corrected chi connectivity index (χ2v) is 4.69. The number of rotatable bonds is 3. The van der Waals surface area contributed by atoms with Crippen molar-refractivity contribution in [2.24, 2.45) is 5.18 Å². The molecule has 3 nitrogen and oxygen atoms in total. The summed E-state index contributed by atoms with van der Waals surface area (Å²) in [4.78, 5) is 10.3. The fourth-order valence-corrected chi connectivity index (χ4v) is 2.28. The standard InChI is InChI=1S/C13H8Cl2FNO2/c14-10-3-8(4-11(15)9(10)6-17-19)7-1-2-13(18)12(16)5-7/h1-5,18H,6H2. The summed E-state index contributed by atoms with van der Waals surface area (Å²) in [6.45, 7) is -0.123. The summed E-state index contributed by atoms with van der Waals surface area (Å²) in [7, 11) is 0. The Bertz CT molecular complexity index is 624. The fourth-order valence-electron chi connectivity index (χ4n) is 1.67. The highest BCUT2D eigenvalue weighted by molar-refractivity contribution is 6.36.